The molecule has 0 saturated carbocycles. The third-order valence-corrected chi connectivity index (χ3v) is 14.2. The Balaban J connectivity index is 1.03. The molecular formula is C63H42BN3O3. The Kier molecular flexibility index (Phi) is 6.57. The van der Waals surface area contributed by atoms with E-state index in [1.54, 1.807) is 0 Å². The number of ether oxygens (including phenoxy) is 2. The predicted molar refractivity (Wildman–Crippen MR) is 287 cm³/mol. The van der Waals surface area contributed by atoms with Crippen LogP contribution in [0.15, 0.2) is 204 Å². The van der Waals surface area contributed by atoms with Gasteiger partial charge in [-0.1, -0.05) is 148 Å². The van der Waals surface area contributed by atoms with Crippen LogP contribution >= 0.6 is 0 Å². The highest BCUT2D eigenvalue weighted by molar-refractivity contribution is 6.98. The van der Waals surface area contributed by atoms with Gasteiger partial charge in [0.25, 0.3) is 6.71 Å². The molecule has 70 heavy (non-hydrogen) atoms. The minimum absolute atomic E-state index is 0.0360. The lowest BCUT2D eigenvalue weighted by Crippen LogP contribution is -2.57. The van der Waals surface area contributed by atoms with E-state index in [0.717, 1.165) is 71.4 Å². The SMILES string of the molecule is [2H]c1c([2H])c([2H])c2c(c1[2H])c1c([2H])c([2H])c([2H])c([2H])c1n2-c1cc(-n2c3ccccc3c3ccc4c5ccccc5oc4c32)cc(-c2ccc3c(c2)B2c4cc(-c5cccc(C(C)(C)C)c5)ccc4Oc4cccc(c42)O3)n1. The van der Waals surface area contributed by atoms with Crippen molar-refractivity contribution < 1.29 is 24.9 Å². The molecule has 0 unspecified atom stereocenters. The summed E-state index contributed by atoms with van der Waals surface area (Å²) in [7, 11) is 0. The summed E-state index contributed by atoms with van der Waals surface area (Å²) >= 11 is 0. The number of hydrogen-bond acceptors (Lipinski definition) is 4. The van der Waals surface area contributed by atoms with Gasteiger partial charge >= 0.3 is 0 Å². The Morgan fingerprint density at radius 3 is 1.90 bits per heavy atom. The number of benzene rings is 9. The first-order valence-electron chi connectivity index (χ1n) is 27.4. The molecule has 6 heterocycles. The average Bonchev–Trinajstić information content (AvgIpc) is 3.96. The zero-order chi connectivity index (χ0) is 53.4. The fraction of sp³-hybridized carbons (Fsp3) is 0.0635. The molecular weight excluding hydrogens is 858 g/mol. The second kappa shape index (κ2) is 14.4. The molecule has 13 aromatic rings. The van der Waals surface area contributed by atoms with Gasteiger partial charge in [-0.15, -0.1) is 0 Å². The maximum absolute atomic E-state index is 9.47. The monoisotopic (exact) mass is 907 g/mol. The second-order valence-corrected chi connectivity index (χ2v) is 19.3. The molecule has 0 bridgehead atoms. The molecule has 15 rings (SSSR count). The summed E-state index contributed by atoms with van der Waals surface area (Å²) in [6, 6.07) is 47.1. The molecule has 2 aliphatic rings. The minimum atomic E-state index is -0.525. The molecule has 9 aromatic carbocycles. The Morgan fingerprint density at radius 2 is 1.14 bits per heavy atom. The number of pyridine rings is 1. The topological polar surface area (TPSA) is 54.4 Å². The van der Waals surface area contributed by atoms with Gasteiger partial charge in [0.2, 0.25) is 0 Å². The molecule has 4 aromatic heterocycles. The summed E-state index contributed by atoms with van der Waals surface area (Å²) in [6.45, 7) is 6.30. The molecule has 0 saturated heterocycles. The number of para-hydroxylation sites is 4. The Hall–Kier alpha value is -8.81. The van der Waals surface area contributed by atoms with Crippen LogP contribution in [0.1, 0.15) is 37.3 Å². The summed E-state index contributed by atoms with van der Waals surface area (Å²) in [5.74, 6) is 2.91. The lowest BCUT2D eigenvalue weighted by molar-refractivity contribution is 0.464. The smallest absolute Gasteiger partial charge is 0.260 e. The zero-order valence-corrected chi connectivity index (χ0v) is 38.1. The van der Waals surface area contributed by atoms with E-state index in [0.29, 0.717) is 39.8 Å². The largest absolute Gasteiger partial charge is 0.458 e. The average molecular weight is 908 g/mol. The number of fused-ring (bicyclic) bond motifs is 14. The number of rotatable bonds is 4. The van der Waals surface area contributed by atoms with Crippen LogP contribution in [0.3, 0.4) is 0 Å². The van der Waals surface area contributed by atoms with Gasteiger partial charge in [0.1, 0.15) is 34.4 Å². The van der Waals surface area contributed by atoms with Crippen LogP contribution in [0.2, 0.25) is 0 Å². The predicted octanol–water partition coefficient (Wildman–Crippen LogP) is 14.5. The summed E-state index contributed by atoms with van der Waals surface area (Å²) in [5.41, 5.74) is 10.7. The van der Waals surface area contributed by atoms with Gasteiger partial charge in [-0.3, -0.25) is 4.57 Å². The van der Waals surface area contributed by atoms with Crippen molar-refractivity contribution in [2.45, 2.75) is 26.2 Å². The van der Waals surface area contributed by atoms with Crippen LogP contribution in [0.25, 0.3) is 99.4 Å². The van der Waals surface area contributed by atoms with Crippen molar-refractivity contribution in [1.82, 2.24) is 14.1 Å². The zero-order valence-electron chi connectivity index (χ0n) is 46.1. The van der Waals surface area contributed by atoms with Crippen LogP contribution < -0.4 is 25.9 Å². The van der Waals surface area contributed by atoms with E-state index < -0.39 is 48.3 Å². The van der Waals surface area contributed by atoms with Crippen molar-refractivity contribution in [3.8, 4) is 56.9 Å². The highest BCUT2D eigenvalue weighted by Gasteiger charge is 2.40. The van der Waals surface area contributed by atoms with Gasteiger partial charge in [-0.2, -0.15) is 0 Å². The van der Waals surface area contributed by atoms with E-state index in [9.17, 15) is 5.48 Å². The van der Waals surface area contributed by atoms with Crippen molar-refractivity contribution in [1.29, 1.82) is 0 Å². The Bertz CT molecular complexity index is 4770. The Morgan fingerprint density at radius 1 is 0.500 bits per heavy atom. The first-order valence-corrected chi connectivity index (χ1v) is 23.4. The first kappa shape index (κ1) is 32.0. The van der Waals surface area contributed by atoms with E-state index in [2.05, 4.69) is 86.0 Å². The summed E-state index contributed by atoms with van der Waals surface area (Å²) in [4.78, 5) is 5.42. The van der Waals surface area contributed by atoms with Crippen molar-refractivity contribution in [2.75, 3.05) is 0 Å². The van der Waals surface area contributed by atoms with Gasteiger partial charge in [0.05, 0.1) is 44.4 Å². The molecule has 7 heteroatoms. The molecule has 0 radical (unpaired) electrons. The van der Waals surface area contributed by atoms with Gasteiger partial charge in [0, 0.05) is 49.4 Å². The third kappa shape index (κ3) is 5.66. The molecule has 0 N–H and O–H groups in total. The van der Waals surface area contributed by atoms with Crippen molar-refractivity contribution >= 4 is 88.7 Å². The number of hydrogen-bond donors (Lipinski definition) is 0. The molecule has 0 atom stereocenters. The van der Waals surface area contributed by atoms with Crippen molar-refractivity contribution in [3.63, 3.8) is 0 Å². The highest BCUT2D eigenvalue weighted by Crippen LogP contribution is 2.43. The number of nitrogens with zero attached hydrogens (tertiary/aromatic N) is 3. The molecule has 0 aliphatic carbocycles. The first-order chi connectivity index (χ1) is 37.6. The normalized spacial score (nSPS) is 14.6. The summed E-state index contributed by atoms with van der Waals surface area (Å²) in [5, 5.41) is 3.68. The van der Waals surface area contributed by atoms with Crippen LogP contribution in [-0.4, -0.2) is 20.8 Å². The van der Waals surface area contributed by atoms with Crippen LogP contribution in [0.5, 0.6) is 23.0 Å². The van der Waals surface area contributed by atoms with Crippen molar-refractivity contribution in [3.05, 3.63) is 206 Å². The maximum Gasteiger partial charge on any atom is 0.260 e. The molecule has 6 nitrogen and oxygen atoms in total. The molecule has 0 fully saturated rings. The van der Waals surface area contributed by atoms with E-state index in [1.165, 1.54) is 10.1 Å². The minimum Gasteiger partial charge on any atom is -0.458 e. The fourth-order valence-electron chi connectivity index (χ4n) is 11.0. The van der Waals surface area contributed by atoms with E-state index in [4.69, 9.17) is 24.4 Å². The molecule has 2 aliphatic heterocycles. The van der Waals surface area contributed by atoms with Gasteiger partial charge < -0.3 is 18.5 Å². The summed E-state index contributed by atoms with van der Waals surface area (Å²) in [6.07, 6.45) is 0. The molecule has 0 spiro atoms. The quantitative estimate of drug-likeness (QED) is 0.165. The number of aromatic nitrogens is 3. The van der Waals surface area contributed by atoms with E-state index in [1.807, 2.05) is 91.0 Å². The molecule has 330 valence electrons. The van der Waals surface area contributed by atoms with Gasteiger partial charge in [0.15, 0.2) is 5.58 Å². The van der Waals surface area contributed by atoms with Crippen LogP contribution in [0.4, 0.5) is 0 Å². The lowest BCUT2D eigenvalue weighted by Gasteiger charge is -2.33. The van der Waals surface area contributed by atoms with E-state index in [-0.39, 0.29) is 39.8 Å². The second-order valence-electron chi connectivity index (χ2n) is 19.3. The van der Waals surface area contributed by atoms with Crippen LogP contribution in [0, 0.1) is 0 Å². The Labute approximate surface area is 414 Å². The lowest BCUT2D eigenvalue weighted by atomic mass is 9.34. The summed E-state index contributed by atoms with van der Waals surface area (Å²) < 4.78 is 96.7. The fourth-order valence-corrected chi connectivity index (χ4v) is 11.0. The standard InChI is InChI=1S/C63H42BN3O3/c1-63(2,3)40-15-12-14-37(32-40)38-26-30-55-48(33-38)64-49-34-39(27-31-56(49)69-58-25-13-24-57(68-55)60(58)64)50-35-41(36-59(65-50)67-52-21-9-4-16-42(52)43-17-5-10-22-53(43)67)66-51-20-8-6-18-44(51)46-28-29-47-45-19-7-11-23-54(45)70-62(47)61(46)66/h4-36H,1-3H3/i4D,5D,9D,10D,16D,17D,21D,22D. The number of furan rings is 1. The maximum atomic E-state index is 9.47. The van der Waals surface area contributed by atoms with Gasteiger partial charge in [-0.05, 0) is 99.7 Å². The molecule has 0 amide bonds. The van der Waals surface area contributed by atoms with Crippen LogP contribution in [-0.2, 0) is 5.41 Å². The van der Waals surface area contributed by atoms with Crippen molar-refractivity contribution in [2.24, 2.45) is 0 Å². The van der Waals surface area contributed by atoms with E-state index >= 15 is 0 Å². The third-order valence-electron chi connectivity index (χ3n) is 14.2. The highest BCUT2D eigenvalue weighted by atomic mass is 16.5. The van der Waals surface area contributed by atoms with Gasteiger partial charge in [-0.25, -0.2) is 4.98 Å².